The molecule has 0 fully saturated rings. The second-order valence-corrected chi connectivity index (χ2v) is 10.6. The number of fused-ring (bicyclic) bond motifs is 1. The summed E-state index contributed by atoms with van der Waals surface area (Å²) in [6.07, 6.45) is 6.78. The number of halogens is 2. The molecule has 1 unspecified atom stereocenters. The minimum absolute atomic E-state index is 0.138. The fraction of sp³-hybridized carbons (Fsp3) is 0.379. The van der Waals surface area contributed by atoms with E-state index in [0.717, 1.165) is 32.1 Å². The number of benzene rings is 2. The van der Waals surface area contributed by atoms with Crippen LogP contribution in [-0.2, 0) is 17.9 Å². The van der Waals surface area contributed by atoms with E-state index in [1.165, 1.54) is 35.1 Å². The first-order valence-electron chi connectivity index (χ1n) is 12.9. The molecule has 0 radical (unpaired) electrons. The van der Waals surface area contributed by atoms with Crippen LogP contribution in [0.4, 0.5) is 14.5 Å². The fourth-order valence-corrected chi connectivity index (χ4v) is 5.37. The highest BCUT2D eigenvalue weighted by Crippen LogP contribution is 2.41. The van der Waals surface area contributed by atoms with Crippen molar-refractivity contribution in [3.63, 3.8) is 0 Å². The standard InChI is InChI=1S/C29H32F2N2O4S/c1-3-4-5-6-7-12-37-22-15-24(30)23(25(31)16-22)18-33-26-11-10-20(14-27(26)38-19(2)29(33)35)28(34)32-17-21-9-8-13-36-21/h8-11,13-16,19H,3-7,12,17-18H2,1-2H3,(H,32,34). The molecule has 38 heavy (non-hydrogen) atoms. The lowest BCUT2D eigenvalue weighted by atomic mass is 10.1. The molecule has 2 aromatic carbocycles. The summed E-state index contributed by atoms with van der Waals surface area (Å²) in [5, 5.41) is 2.31. The monoisotopic (exact) mass is 542 g/mol. The normalized spacial score (nSPS) is 14.9. The van der Waals surface area contributed by atoms with Gasteiger partial charge in [-0.15, -0.1) is 11.8 Å². The highest BCUT2D eigenvalue weighted by atomic mass is 32.2. The Balaban J connectivity index is 1.46. The van der Waals surface area contributed by atoms with Gasteiger partial charge in [0.15, 0.2) is 0 Å². The zero-order valence-electron chi connectivity index (χ0n) is 21.6. The summed E-state index contributed by atoms with van der Waals surface area (Å²) in [6, 6.07) is 10.8. The van der Waals surface area contributed by atoms with E-state index in [1.807, 2.05) is 0 Å². The largest absolute Gasteiger partial charge is 0.493 e. The van der Waals surface area contributed by atoms with Crippen molar-refractivity contribution in [3.05, 3.63) is 77.2 Å². The van der Waals surface area contributed by atoms with E-state index < -0.39 is 16.9 Å². The van der Waals surface area contributed by atoms with Crippen LogP contribution >= 0.6 is 11.8 Å². The third kappa shape index (κ3) is 6.75. The molecule has 6 nitrogen and oxygen atoms in total. The second kappa shape index (κ2) is 13.0. The van der Waals surface area contributed by atoms with Gasteiger partial charge in [0.25, 0.3) is 5.91 Å². The first-order chi connectivity index (χ1) is 18.4. The maximum absolute atomic E-state index is 15.0. The average molecular weight is 543 g/mol. The van der Waals surface area contributed by atoms with Crippen LogP contribution in [0.2, 0.25) is 0 Å². The predicted octanol–water partition coefficient (Wildman–Crippen LogP) is 6.86. The molecule has 0 bridgehead atoms. The molecule has 9 heteroatoms. The van der Waals surface area contributed by atoms with Crippen molar-refractivity contribution >= 4 is 29.3 Å². The number of hydrogen-bond donors (Lipinski definition) is 1. The van der Waals surface area contributed by atoms with Gasteiger partial charge in [0.1, 0.15) is 23.1 Å². The Morgan fingerprint density at radius 1 is 1.11 bits per heavy atom. The lowest BCUT2D eigenvalue weighted by Crippen LogP contribution is -2.39. The van der Waals surface area contributed by atoms with Crippen molar-refractivity contribution in [2.75, 3.05) is 11.5 Å². The number of anilines is 1. The number of nitrogens with zero attached hydrogens (tertiary/aromatic N) is 1. The number of rotatable bonds is 12. The van der Waals surface area contributed by atoms with Gasteiger partial charge in [-0.3, -0.25) is 9.59 Å². The molecular weight excluding hydrogens is 510 g/mol. The molecule has 2 amide bonds. The summed E-state index contributed by atoms with van der Waals surface area (Å²) in [4.78, 5) is 27.7. The molecule has 1 N–H and O–H groups in total. The quantitative estimate of drug-likeness (QED) is 0.253. The number of unbranched alkanes of at least 4 members (excludes halogenated alkanes) is 4. The van der Waals surface area contributed by atoms with E-state index in [1.54, 1.807) is 37.3 Å². The molecule has 1 atom stereocenters. The van der Waals surface area contributed by atoms with Crippen molar-refractivity contribution in [3.8, 4) is 5.75 Å². The van der Waals surface area contributed by atoms with Gasteiger partial charge in [-0.05, 0) is 43.7 Å². The van der Waals surface area contributed by atoms with Crippen LogP contribution in [0.1, 0.15) is 67.6 Å². The molecule has 0 aliphatic carbocycles. The van der Waals surface area contributed by atoms with Crippen LogP contribution in [-0.4, -0.2) is 23.7 Å². The van der Waals surface area contributed by atoms with E-state index in [9.17, 15) is 18.4 Å². The summed E-state index contributed by atoms with van der Waals surface area (Å²) in [7, 11) is 0. The van der Waals surface area contributed by atoms with Crippen LogP contribution in [0.15, 0.2) is 58.0 Å². The lowest BCUT2D eigenvalue weighted by molar-refractivity contribution is -0.118. The van der Waals surface area contributed by atoms with Crippen LogP contribution < -0.4 is 15.0 Å². The molecule has 4 rings (SSSR count). The summed E-state index contributed by atoms with van der Waals surface area (Å²) in [5.74, 6) is -1.31. The zero-order chi connectivity index (χ0) is 27.1. The Bertz CT molecular complexity index is 1240. The SMILES string of the molecule is CCCCCCCOc1cc(F)c(CN2C(=O)C(C)Sc3cc(C(=O)NCc4ccco4)ccc32)c(F)c1. The number of furan rings is 1. The Kier molecular flexibility index (Phi) is 9.44. The molecule has 0 spiro atoms. The van der Waals surface area contributed by atoms with Crippen LogP contribution in [0, 0.1) is 11.6 Å². The summed E-state index contributed by atoms with van der Waals surface area (Å²) in [5.41, 5.74) is 0.712. The molecular formula is C29H32F2N2O4S. The number of amides is 2. The van der Waals surface area contributed by atoms with Gasteiger partial charge in [-0.1, -0.05) is 32.6 Å². The van der Waals surface area contributed by atoms with Gasteiger partial charge < -0.3 is 19.4 Å². The molecule has 0 saturated carbocycles. The van der Waals surface area contributed by atoms with E-state index in [2.05, 4.69) is 12.2 Å². The van der Waals surface area contributed by atoms with Crippen LogP contribution in [0.3, 0.4) is 0 Å². The fourth-order valence-electron chi connectivity index (χ4n) is 4.27. The van der Waals surface area contributed by atoms with Crippen LogP contribution in [0.25, 0.3) is 0 Å². The summed E-state index contributed by atoms with van der Waals surface area (Å²) >= 11 is 1.31. The minimum Gasteiger partial charge on any atom is -0.493 e. The number of thioether (sulfide) groups is 1. The summed E-state index contributed by atoms with van der Waals surface area (Å²) < 4.78 is 40.8. The third-order valence-electron chi connectivity index (χ3n) is 6.38. The number of ether oxygens (including phenoxy) is 1. The van der Waals surface area contributed by atoms with Crippen molar-refractivity contribution in [1.29, 1.82) is 0 Å². The number of carbonyl (C=O) groups is 2. The molecule has 2 heterocycles. The maximum atomic E-state index is 15.0. The van der Waals surface area contributed by atoms with Gasteiger partial charge in [0.2, 0.25) is 5.91 Å². The Labute approximate surface area is 225 Å². The number of carbonyl (C=O) groups excluding carboxylic acids is 2. The third-order valence-corrected chi connectivity index (χ3v) is 7.52. The average Bonchev–Trinajstić information content (AvgIpc) is 3.42. The van der Waals surface area contributed by atoms with E-state index in [-0.39, 0.29) is 36.2 Å². The number of hydrogen-bond acceptors (Lipinski definition) is 5. The lowest BCUT2D eigenvalue weighted by Gasteiger charge is -2.33. The van der Waals surface area contributed by atoms with Gasteiger partial charge in [0.05, 0.1) is 36.9 Å². The Hall–Kier alpha value is -3.33. The first kappa shape index (κ1) is 27.7. The van der Waals surface area contributed by atoms with Gasteiger partial charge >= 0.3 is 0 Å². The second-order valence-electron chi connectivity index (χ2n) is 9.26. The van der Waals surface area contributed by atoms with Gasteiger partial charge in [-0.25, -0.2) is 8.78 Å². The predicted molar refractivity (Wildman–Crippen MR) is 143 cm³/mol. The summed E-state index contributed by atoms with van der Waals surface area (Å²) in [6.45, 7) is 4.24. The molecule has 1 aliphatic heterocycles. The zero-order valence-corrected chi connectivity index (χ0v) is 22.4. The van der Waals surface area contributed by atoms with Gasteiger partial charge in [-0.2, -0.15) is 0 Å². The van der Waals surface area contributed by atoms with Gasteiger partial charge in [0, 0.05) is 28.2 Å². The molecule has 0 saturated heterocycles. The first-order valence-corrected chi connectivity index (χ1v) is 13.8. The van der Waals surface area contributed by atoms with Crippen LogP contribution in [0.5, 0.6) is 5.75 Å². The van der Waals surface area contributed by atoms with E-state index in [0.29, 0.717) is 28.5 Å². The topological polar surface area (TPSA) is 71.8 Å². The highest BCUT2D eigenvalue weighted by Gasteiger charge is 2.32. The van der Waals surface area contributed by atoms with Crippen molar-refractivity contribution in [2.24, 2.45) is 0 Å². The minimum atomic E-state index is -0.764. The number of nitrogens with one attached hydrogen (secondary N) is 1. The Morgan fingerprint density at radius 3 is 2.58 bits per heavy atom. The highest BCUT2D eigenvalue weighted by molar-refractivity contribution is 8.01. The van der Waals surface area contributed by atoms with Crippen molar-refractivity contribution in [1.82, 2.24) is 5.32 Å². The smallest absolute Gasteiger partial charge is 0.251 e. The molecule has 202 valence electrons. The van der Waals surface area contributed by atoms with Crippen molar-refractivity contribution < 1.29 is 27.5 Å². The van der Waals surface area contributed by atoms with E-state index in [4.69, 9.17) is 9.15 Å². The molecule has 1 aliphatic rings. The molecule has 1 aromatic heterocycles. The van der Waals surface area contributed by atoms with Crippen molar-refractivity contribution in [2.45, 2.75) is 69.2 Å². The molecule has 3 aromatic rings. The maximum Gasteiger partial charge on any atom is 0.251 e. The Morgan fingerprint density at radius 2 is 1.87 bits per heavy atom. The van der Waals surface area contributed by atoms with E-state index >= 15 is 0 Å².